The van der Waals surface area contributed by atoms with Crippen molar-refractivity contribution in [2.45, 2.75) is 37.2 Å². The molecule has 0 aliphatic rings. The van der Waals surface area contributed by atoms with E-state index in [1.54, 1.807) is 12.1 Å². The van der Waals surface area contributed by atoms with Gasteiger partial charge in [-0.2, -0.15) is 0 Å². The summed E-state index contributed by atoms with van der Waals surface area (Å²) in [6.45, 7) is 5.62. The lowest BCUT2D eigenvalue weighted by Crippen LogP contribution is -2.33. The third kappa shape index (κ3) is 5.16. The summed E-state index contributed by atoms with van der Waals surface area (Å²) in [6, 6.07) is 17.7. The number of benzene rings is 2. The minimum absolute atomic E-state index is 0.117. The normalized spacial score (nSPS) is 13.0. The predicted octanol–water partition coefficient (Wildman–Crippen LogP) is 4.95. The number of nitrogens with one attached hydrogen (secondary N) is 1. The van der Waals surface area contributed by atoms with Crippen molar-refractivity contribution in [3.63, 3.8) is 0 Å². The topological polar surface area (TPSA) is 54.9 Å². The van der Waals surface area contributed by atoms with Gasteiger partial charge in [-0.1, -0.05) is 54.2 Å². The predicted molar refractivity (Wildman–Crippen MR) is 110 cm³/mol. The van der Waals surface area contributed by atoms with E-state index in [2.05, 4.69) is 15.3 Å². The first-order valence-electron chi connectivity index (χ1n) is 9.06. The van der Waals surface area contributed by atoms with E-state index in [0.29, 0.717) is 5.16 Å². The maximum Gasteiger partial charge on any atom is 0.233 e. The number of rotatable bonds is 6. The molecule has 28 heavy (non-hydrogen) atoms. The molecule has 0 aliphatic carbocycles. The molecule has 4 nitrogen and oxygen atoms in total. The van der Waals surface area contributed by atoms with Crippen molar-refractivity contribution in [1.82, 2.24) is 15.3 Å². The van der Waals surface area contributed by atoms with Crippen LogP contribution < -0.4 is 5.32 Å². The Bertz CT molecular complexity index is 948. The van der Waals surface area contributed by atoms with Gasteiger partial charge in [-0.3, -0.25) is 4.79 Å². The highest BCUT2D eigenvalue weighted by atomic mass is 32.2. The Kier molecular flexibility index (Phi) is 6.41. The fourth-order valence-corrected chi connectivity index (χ4v) is 3.57. The molecule has 1 N–H and O–H groups in total. The van der Waals surface area contributed by atoms with Gasteiger partial charge in [0, 0.05) is 11.3 Å². The number of aromatic nitrogens is 2. The molecule has 3 aromatic rings. The van der Waals surface area contributed by atoms with Gasteiger partial charge in [-0.25, -0.2) is 14.4 Å². The van der Waals surface area contributed by atoms with Gasteiger partial charge >= 0.3 is 0 Å². The van der Waals surface area contributed by atoms with E-state index in [-0.39, 0.29) is 23.0 Å². The Morgan fingerprint density at radius 2 is 1.71 bits per heavy atom. The molecule has 3 rings (SSSR count). The van der Waals surface area contributed by atoms with Crippen LogP contribution in [-0.2, 0) is 4.79 Å². The van der Waals surface area contributed by atoms with Gasteiger partial charge in [0.1, 0.15) is 5.82 Å². The van der Waals surface area contributed by atoms with E-state index in [1.807, 2.05) is 57.2 Å². The summed E-state index contributed by atoms with van der Waals surface area (Å²) < 4.78 is 13.1. The number of carbonyl (C=O) groups is 1. The van der Waals surface area contributed by atoms with Gasteiger partial charge < -0.3 is 5.32 Å². The molecule has 2 aromatic carbocycles. The molecular weight excluding hydrogens is 373 g/mol. The maximum absolute atomic E-state index is 13.1. The number of hydrogen-bond acceptors (Lipinski definition) is 4. The van der Waals surface area contributed by atoms with E-state index in [9.17, 15) is 9.18 Å². The molecule has 0 radical (unpaired) electrons. The second-order valence-corrected chi connectivity index (χ2v) is 7.89. The van der Waals surface area contributed by atoms with Crippen LogP contribution in [-0.4, -0.2) is 21.1 Å². The Balaban J connectivity index is 1.68. The van der Waals surface area contributed by atoms with Gasteiger partial charge in [0.15, 0.2) is 5.16 Å². The van der Waals surface area contributed by atoms with Crippen LogP contribution in [0, 0.1) is 12.7 Å². The third-order valence-electron chi connectivity index (χ3n) is 4.28. The van der Waals surface area contributed by atoms with Crippen LogP contribution in [0.25, 0.3) is 11.3 Å². The highest BCUT2D eigenvalue weighted by Gasteiger charge is 2.19. The molecule has 0 saturated carbocycles. The monoisotopic (exact) mass is 395 g/mol. The zero-order valence-electron chi connectivity index (χ0n) is 16.0. The van der Waals surface area contributed by atoms with E-state index in [4.69, 9.17) is 0 Å². The van der Waals surface area contributed by atoms with Gasteiger partial charge in [0.2, 0.25) is 5.91 Å². The van der Waals surface area contributed by atoms with E-state index in [0.717, 1.165) is 22.5 Å². The van der Waals surface area contributed by atoms with E-state index >= 15 is 0 Å². The lowest BCUT2D eigenvalue weighted by Gasteiger charge is -2.17. The first-order chi connectivity index (χ1) is 13.4. The molecule has 0 fully saturated rings. The zero-order chi connectivity index (χ0) is 20.1. The summed E-state index contributed by atoms with van der Waals surface area (Å²) in [5, 5.41) is 3.16. The third-order valence-corrected chi connectivity index (χ3v) is 5.24. The van der Waals surface area contributed by atoms with Gasteiger partial charge in [0.25, 0.3) is 0 Å². The van der Waals surface area contributed by atoms with Crippen LogP contribution in [0.3, 0.4) is 0 Å². The van der Waals surface area contributed by atoms with Crippen molar-refractivity contribution in [3.8, 4) is 11.3 Å². The summed E-state index contributed by atoms with van der Waals surface area (Å²) in [6.07, 6.45) is 0. The van der Waals surface area contributed by atoms with Crippen molar-refractivity contribution >= 4 is 17.7 Å². The van der Waals surface area contributed by atoms with Gasteiger partial charge in [-0.15, -0.1) is 0 Å². The van der Waals surface area contributed by atoms with Crippen LogP contribution in [0.5, 0.6) is 0 Å². The highest BCUT2D eigenvalue weighted by Crippen LogP contribution is 2.25. The van der Waals surface area contributed by atoms with Crippen molar-refractivity contribution in [2.75, 3.05) is 0 Å². The Morgan fingerprint density at radius 1 is 1.04 bits per heavy atom. The largest absolute Gasteiger partial charge is 0.349 e. The first kappa shape index (κ1) is 20.0. The van der Waals surface area contributed by atoms with Crippen LogP contribution in [0.15, 0.2) is 65.8 Å². The molecule has 2 atom stereocenters. The first-order valence-corrected chi connectivity index (χ1v) is 9.94. The Labute approximate surface area is 168 Å². The summed E-state index contributed by atoms with van der Waals surface area (Å²) in [7, 11) is 0. The summed E-state index contributed by atoms with van der Waals surface area (Å²) in [5.41, 5.74) is 3.55. The second kappa shape index (κ2) is 8.97. The van der Waals surface area contributed by atoms with Crippen molar-refractivity contribution in [2.24, 2.45) is 0 Å². The van der Waals surface area contributed by atoms with Crippen LogP contribution >= 0.6 is 11.8 Å². The standard InChI is InChI=1S/C22H22FN3OS/c1-14-13-20(18-7-5-4-6-8-18)26-22(24-14)28-16(3)21(27)25-15(2)17-9-11-19(23)12-10-17/h4-13,15-16H,1-3H3,(H,25,27)/t15-,16+/m0/s1. The van der Waals surface area contributed by atoms with Gasteiger partial charge in [-0.05, 0) is 44.5 Å². The molecule has 1 aromatic heterocycles. The molecule has 0 spiro atoms. The number of nitrogens with zero attached hydrogens (tertiary/aromatic N) is 2. The summed E-state index contributed by atoms with van der Waals surface area (Å²) in [5.74, 6) is -0.412. The highest BCUT2D eigenvalue weighted by molar-refractivity contribution is 8.00. The van der Waals surface area contributed by atoms with Crippen molar-refractivity contribution in [3.05, 3.63) is 77.7 Å². The minimum Gasteiger partial charge on any atom is -0.349 e. The number of hydrogen-bond donors (Lipinski definition) is 1. The molecule has 144 valence electrons. The van der Waals surface area contributed by atoms with Crippen LogP contribution in [0.1, 0.15) is 31.1 Å². The summed E-state index contributed by atoms with van der Waals surface area (Å²) >= 11 is 1.32. The lowest BCUT2D eigenvalue weighted by molar-refractivity contribution is -0.120. The molecule has 0 aliphatic heterocycles. The molecule has 0 unspecified atom stereocenters. The Hall–Kier alpha value is -2.73. The SMILES string of the molecule is Cc1cc(-c2ccccc2)nc(S[C@H](C)C(=O)N[C@@H](C)c2ccc(F)cc2)n1. The lowest BCUT2D eigenvalue weighted by atomic mass is 10.1. The number of thioether (sulfide) groups is 1. The Morgan fingerprint density at radius 3 is 2.39 bits per heavy atom. The van der Waals surface area contributed by atoms with Gasteiger partial charge in [0.05, 0.1) is 17.0 Å². The average Bonchev–Trinajstić information content (AvgIpc) is 2.68. The van der Waals surface area contributed by atoms with E-state index in [1.165, 1.54) is 23.9 Å². The van der Waals surface area contributed by atoms with Crippen LogP contribution in [0.2, 0.25) is 0 Å². The van der Waals surface area contributed by atoms with Crippen molar-refractivity contribution in [1.29, 1.82) is 0 Å². The molecule has 6 heteroatoms. The molecule has 1 amide bonds. The fourth-order valence-electron chi connectivity index (χ4n) is 2.73. The number of halogens is 1. The molecular formula is C22H22FN3OS. The average molecular weight is 396 g/mol. The van der Waals surface area contributed by atoms with E-state index < -0.39 is 0 Å². The quantitative estimate of drug-likeness (QED) is 0.474. The molecule has 0 bridgehead atoms. The summed E-state index contributed by atoms with van der Waals surface area (Å²) in [4.78, 5) is 21.6. The number of aryl methyl sites for hydroxylation is 1. The zero-order valence-corrected chi connectivity index (χ0v) is 16.8. The molecule has 0 saturated heterocycles. The smallest absolute Gasteiger partial charge is 0.233 e. The maximum atomic E-state index is 13.1. The minimum atomic E-state index is -0.367. The number of amides is 1. The van der Waals surface area contributed by atoms with Crippen molar-refractivity contribution < 1.29 is 9.18 Å². The molecule has 1 heterocycles. The number of carbonyl (C=O) groups excluding carboxylic acids is 1. The fraction of sp³-hybridized carbons (Fsp3) is 0.227. The second-order valence-electron chi connectivity index (χ2n) is 6.59. The van der Waals surface area contributed by atoms with Crippen LogP contribution in [0.4, 0.5) is 4.39 Å².